The summed E-state index contributed by atoms with van der Waals surface area (Å²) in [6.45, 7) is 10.7. The van der Waals surface area contributed by atoms with Crippen LogP contribution in [0.1, 0.15) is 54.9 Å². The highest BCUT2D eigenvalue weighted by atomic mass is 19.3. The van der Waals surface area contributed by atoms with E-state index in [2.05, 4.69) is 45.6 Å². The fraction of sp³-hybridized carbons (Fsp3) is 0.400. The summed E-state index contributed by atoms with van der Waals surface area (Å²) in [4.78, 5) is 2.15. The van der Waals surface area contributed by atoms with E-state index in [4.69, 9.17) is 4.74 Å². The summed E-state index contributed by atoms with van der Waals surface area (Å²) >= 11 is 0. The number of aryl methyl sites for hydroxylation is 3. The molecule has 0 unspecified atom stereocenters. The molecule has 0 spiro atoms. The van der Waals surface area contributed by atoms with Crippen LogP contribution in [0.25, 0.3) is 16.5 Å². The maximum Gasteiger partial charge on any atom is 0.270 e. The van der Waals surface area contributed by atoms with E-state index in [0.717, 1.165) is 52.0 Å². The van der Waals surface area contributed by atoms with Crippen molar-refractivity contribution in [3.8, 4) is 11.4 Å². The van der Waals surface area contributed by atoms with Crippen LogP contribution in [0.15, 0.2) is 48.5 Å². The zero-order valence-corrected chi connectivity index (χ0v) is 22.6. The van der Waals surface area contributed by atoms with E-state index in [0.29, 0.717) is 38.1 Å². The fourth-order valence-electron chi connectivity index (χ4n) is 5.70. The highest BCUT2D eigenvalue weighted by molar-refractivity contribution is 5.98. The van der Waals surface area contributed by atoms with Crippen molar-refractivity contribution in [2.45, 2.75) is 59.0 Å². The Kier molecular flexibility index (Phi) is 6.63. The van der Waals surface area contributed by atoms with Crippen molar-refractivity contribution >= 4 is 16.6 Å². The zero-order valence-electron chi connectivity index (χ0n) is 22.6. The first-order valence-electron chi connectivity index (χ1n) is 13.1. The lowest BCUT2D eigenvalue weighted by Gasteiger charge is -2.39. The van der Waals surface area contributed by atoms with E-state index in [1.165, 1.54) is 12.1 Å². The summed E-state index contributed by atoms with van der Waals surface area (Å²) in [6.07, 6.45) is 0.806. The number of aliphatic hydroxyl groups is 1. The number of aromatic nitrogens is 3. The third-order valence-electron chi connectivity index (χ3n) is 7.73. The first kappa shape index (κ1) is 26.1. The number of nitrogens with zero attached hydrogens (tertiary/aromatic N) is 4. The lowest BCUT2D eigenvalue weighted by atomic mass is 9.83. The molecule has 6 nitrogen and oxygen atoms in total. The normalized spacial score (nSPS) is 15.7. The van der Waals surface area contributed by atoms with Gasteiger partial charge >= 0.3 is 0 Å². The Labute approximate surface area is 221 Å². The molecule has 0 amide bonds. The Balaban J connectivity index is 1.48. The van der Waals surface area contributed by atoms with Crippen molar-refractivity contribution in [2.75, 3.05) is 24.6 Å². The maximum atomic E-state index is 13.9. The Bertz CT molecular complexity index is 1470. The highest BCUT2D eigenvalue weighted by Gasteiger charge is 2.37. The average molecular weight is 521 g/mol. The van der Waals surface area contributed by atoms with Crippen LogP contribution < -0.4 is 9.64 Å². The van der Waals surface area contributed by atoms with Crippen molar-refractivity contribution in [3.63, 3.8) is 0 Å². The van der Waals surface area contributed by atoms with Gasteiger partial charge in [0.2, 0.25) is 0 Å². The van der Waals surface area contributed by atoms with Crippen LogP contribution in [0.3, 0.4) is 0 Å². The number of rotatable bonds is 6. The van der Waals surface area contributed by atoms with Crippen LogP contribution in [-0.2, 0) is 11.5 Å². The summed E-state index contributed by atoms with van der Waals surface area (Å²) in [5.41, 5.74) is 3.32. The van der Waals surface area contributed by atoms with Gasteiger partial charge in [0, 0.05) is 53.4 Å². The van der Waals surface area contributed by atoms with Crippen LogP contribution >= 0.6 is 0 Å². The second kappa shape index (κ2) is 9.66. The summed E-state index contributed by atoms with van der Waals surface area (Å²) < 4.78 is 35.7. The van der Waals surface area contributed by atoms with Crippen molar-refractivity contribution < 1.29 is 18.6 Å². The van der Waals surface area contributed by atoms with Gasteiger partial charge < -0.3 is 19.3 Å². The minimum absolute atomic E-state index is 0.0845. The number of alkyl halides is 2. The highest BCUT2D eigenvalue weighted by Crippen LogP contribution is 2.40. The summed E-state index contributed by atoms with van der Waals surface area (Å²) in [5, 5.41) is 22.7. The third kappa shape index (κ3) is 4.51. The Hall–Kier alpha value is -3.52. The predicted molar refractivity (Wildman–Crippen MR) is 146 cm³/mol. The standard InChI is InChI=1S/C30H34F2N4O2/c1-6-38-25-12-10-24(11-13-25)36-20(3)26-19(2)33-34-28(27(26)21(36)4)35-16-14-30(37,15-17-35)23-9-7-8-22(18-23)29(5,31)32/h7-13,18,37H,6,14-17H2,1-5H3. The van der Waals surface area contributed by atoms with E-state index in [9.17, 15) is 13.9 Å². The number of ether oxygens (including phenoxy) is 1. The molecule has 2 aromatic heterocycles. The smallest absolute Gasteiger partial charge is 0.270 e. The number of hydrogen-bond acceptors (Lipinski definition) is 5. The van der Waals surface area contributed by atoms with Crippen LogP contribution in [0.5, 0.6) is 5.75 Å². The van der Waals surface area contributed by atoms with Gasteiger partial charge in [-0.2, -0.15) is 5.10 Å². The van der Waals surface area contributed by atoms with E-state index in [1.807, 2.05) is 26.0 Å². The molecule has 1 aliphatic heterocycles. The van der Waals surface area contributed by atoms with Gasteiger partial charge in [0.1, 0.15) is 5.75 Å². The number of piperidine rings is 1. The SMILES string of the molecule is CCOc1ccc(-n2c(C)c3c(C)nnc(N4CCC(O)(c5cccc(C(C)(F)F)c5)CC4)c3c2C)cc1. The lowest BCUT2D eigenvalue weighted by Crippen LogP contribution is -2.43. The second-order valence-corrected chi connectivity index (χ2v) is 10.3. The monoisotopic (exact) mass is 520 g/mol. The molecule has 2 aromatic carbocycles. The minimum Gasteiger partial charge on any atom is -0.494 e. The average Bonchev–Trinajstić information content (AvgIpc) is 3.16. The number of fused-ring (bicyclic) bond motifs is 1. The van der Waals surface area contributed by atoms with E-state index in [1.54, 1.807) is 12.1 Å². The fourth-order valence-corrected chi connectivity index (χ4v) is 5.70. The van der Waals surface area contributed by atoms with Gasteiger partial charge in [-0.15, -0.1) is 5.10 Å². The van der Waals surface area contributed by atoms with Crippen LogP contribution in [0.4, 0.5) is 14.6 Å². The van der Waals surface area contributed by atoms with Gasteiger partial charge in [-0.1, -0.05) is 18.2 Å². The molecule has 0 atom stereocenters. The molecule has 4 aromatic rings. The van der Waals surface area contributed by atoms with Crippen LogP contribution in [0, 0.1) is 20.8 Å². The molecule has 0 aliphatic carbocycles. The Morgan fingerprint density at radius 1 is 0.974 bits per heavy atom. The Morgan fingerprint density at radius 3 is 2.26 bits per heavy atom. The first-order chi connectivity index (χ1) is 18.0. The molecule has 0 radical (unpaired) electrons. The maximum absolute atomic E-state index is 13.9. The molecular formula is C30H34F2N4O2. The van der Waals surface area contributed by atoms with Crippen molar-refractivity contribution in [1.82, 2.24) is 14.8 Å². The summed E-state index contributed by atoms with van der Waals surface area (Å²) in [6, 6.07) is 14.2. The molecule has 1 aliphatic rings. The number of hydrogen-bond donors (Lipinski definition) is 1. The molecule has 5 rings (SSSR count). The third-order valence-corrected chi connectivity index (χ3v) is 7.73. The van der Waals surface area contributed by atoms with Gasteiger partial charge in [-0.3, -0.25) is 0 Å². The second-order valence-electron chi connectivity index (χ2n) is 10.3. The van der Waals surface area contributed by atoms with Crippen LogP contribution in [-0.4, -0.2) is 39.6 Å². The van der Waals surface area contributed by atoms with Crippen molar-refractivity contribution in [3.05, 3.63) is 76.7 Å². The van der Waals surface area contributed by atoms with Crippen LogP contribution in [0.2, 0.25) is 0 Å². The predicted octanol–water partition coefficient (Wildman–Crippen LogP) is 6.34. The van der Waals surface area contributed by atoms with Gasteiger partial charge in [0.15, 0.2) is 5.82 Å². The van der Waals surface area contributed by atoms with Gasteiger partial charge in [0.25, 0.3) is 5.92 Å². The molecule has 1 N–H and O–H groups in total. The first-order valence-corrected chi connectivity index (χ1v) is 13.1. The minimum atomic E-state index is -2.96. The zero-order chi connectivity index (χ0) is 27.2. The summed E-state index contributed by atoms with van der Waals surface area (Å²) in [7, 11) is 0. The largest absolute Gasteiger partial charge is 0.494 e. The van der Waals surface area contributed by atoms with Gasteiger partial charge in [-0.05, 0) is 76.4 Å². The summed E-state index contributed by atoms with van der Waals surface area (Å²) in [5.74, 6) is -1.34. The molecule has 38 heavy (non-hydrogen) atoms. The van der Waals surface area contributed by atoms with Crippen molar-refractivity contribution in [1.29, 1.82) is 0 Å². The van der Waals surface area contributed by atoms with E-state index in [-0.39, 0.29) is 5.56 Å². The molecule has 0 bridgehead atoms. The molecule has 3 heterocycles. The quantitative estimate of drug-likeness (QED) is 0.321. The molecule has 1 saturated heterocycles. The van der Waals surface area contributed by atoms with E-state index < -0.39 is 11.5 Å². The molecule has 8 heteroatoms. The Morgan fingerprint density at radius 2 is 1.63 bits per heavy atom. The molecule has 1 fully saturated rings. The molecule has 0 saturated carbocycles. The van der Waals surface area contributed by atoms with Gasteiger partial charge in [-0.25, -0.2) is 8.78 Å². The number of benzene rings is 2. The van der Waals surface area contributed by atoms with Gasteiger partial charge in [0.05, 0.1) is 17.9 Å². The number of halogens is 2. The molecular weight excluding hydrogens is 486 g/mol. The van der Waals surface area contributed by atoms with E-state index >= 15 is 0 Å². The topological polar surface area (TPSA) is 63.4 Å². The van der Waals surface area contributed by atoms with Crippen molar-refractivity contribution in [2.24, 2.45) is 0 Å². The molecule has 200 valence electrons. The lowest BCUT2D eigenvalue weighted by molar-refractivity contribution is 0.00731. The number of anilines is 1.